The molecular weight excluding hydrogens is 306 g/mol. The Kier molecular flexibility index (Phi) is 9.72. The summed E-state index contributed by atoms with van der Waals surface area (Å²) in [5.74, 6) is -0.240. The SMILES string of the molecule is CCCN(CCC)CC(=O)Nc1cccc(C(=O)NCCOC)c1. The summed E-state index contributed by atoms with van der Waals surface area (Å²) in [7, 11) is 1.59. The molecule has 0 atom stereocenters. The highest BCUT2D eigenvalue weighted by molar-refractivity contribution is 5.97. The van der Waals surface area contributed by atoms with E-state index in [4.69, 9.17) is 4.74 Å². The number of carbonyl (C=O) groups excluding carboxylic acids is 2. The first-order chi connectivity index (χ1) is 11.6. The highest BCUT2D eigenvalue weighted by atomic mass is 16.5. The van der Waals surface area contributed by atoms with Crippen molar-refractivity contribution in [2.45, 2.75) is 26.7 Å². The molecule has 1 aromatic carbocycles. The van der Waals surface area contributed by atoms with E-state index in [0.717, 1.165) is 25.9 Å². The zero-order chi connectivity index (χ0) is 17.8. The van der Waals surface area contributed by atoms with E-state index in [9.17, 15) is 9.59 Å². The van der Waals surface area contributed by atoms with Gasteiger partial charge in [-0.1, -0.05) is 19.9 Å². The molecule has 0 saturated heterocycles. The van der Waals surface area contributed by atoms with Crippen LogP contribution in [0.15, 0.2) is 24.3 Å². The molecule has 0 fully saturated rings. The number of ether oxygens (including phenoxy) is 1. The Bertz CT molecular complexity index is 514. The lowest BCUT2D eigenvalue weighted by Gasteiger charge is -2.20. The summed E-state index contributed by atoms with van der Waals surface area (Å²) >= 11 is 0. The van der Waals surface area contributed by atoms with Crippen LogP contribution in [0.4, 0.5) is 5.69 Å². The van der Waals surface area contributed by atoms with E-state index in [0.29, 0.717) is 30.9 Å². The van der Waals surface area contributed by atoms with Crippen molar-refractivity contribution in [1.29, 1.82) is 0 Å². The fourth-order valence-electron chi connectivity index (χ4n) is 2.41. The summed E-state index contributed by atoms with van der Waals surface area (Å²) in [4.78, 5) is 26.3. The summed E-state index contributed by atoms with van der Waals surface area (Å²) in [6, 6.07) is 6.95. The summed E-state index contributed by atoms with van der Waals surface area (Å²) in [5.41, 5.74) is 1.15. The van der Waals surface area contributed by atoms with Crippen molar-refractivity contribution < 1.29 is 14.3 Å². The second-order valence-corrected chi connectivity index (χ2v) is 5.65. The lowest BCUT2D eigenvalue weighted by atomic mass is 10.2. The van der Waals surface area contributed by atoms with Gasteiger partial charge in [0.15, 0.2) is 0 Å². The van der Waals surface area contributed by atoms with E-state index in [1.807, 2.05) is 0 Å². The summed E-state index contributed by atoms with van der Waals surface area (Å²) < 4.78 is 4.90. The average molecular weight is 335 g/mol. The molecule has 0 radical (unpaired) electrons. The van der Waals surface area contributed by atoms with E-state index >= 15 is 0 Å². The van der Waals surface area contributed by atoms with Gasteiger partial charge in [-0.15, -0.1) is 0 Å². The monoisotopic (exact) mass is 335 g/mol. The van der Waals surface area contributed by atoms with Gasteiger partial charge in [-0.2, -0.15) is 0 Å². The van der Waals surface area contributed by atoms with E-state index < -0.39 is 0 Å². The van der Waals surface area contributed by atoms with Crippen LogP contribution in [-0.4, -0.2) is 56.6 Å². The number of hydrogen-bond donors (Lipinski definition) is 2. The second-order valence-electron chi connectivity index (χ2n) is 5.65. The van der Waals surface area contributed by atoms with E-state index in [2.05, 4.69) is 29.4 Å². The van der Waals surface area contributed by atoms with Crippen LogP contribution in [0, 0.1) is 0 Å². The molecule has 0 bridgehead atoms. The first-order valence-corrected chi connectivity index (χ1v) is 8.50. The molecule has 6 nitrogen and oxygen atoms in total. The van der Waals surface area contributed by atoms with Crippen molar-refractivity contribution in [3.05, 3.63) is 29.8 Å². The number of hydrogen-bond acceptors (Lipinski definition) is 4. The minimum atomic E-state index is -0.179. The van der Waals surface area contributed by atoms with Gasteiger partial charge in [0.1, 0.15) is 0 Å². The zero-order valence-corrected chi connectivity index (χ0v) is 14.9. The van der Waals surface area contributed by atoms with Crippen LogP contribution in [0.3, 0.4) is 0 Å². The predicted octanol–water partition coefficient (Wildman–Crippen LogP) is 2.12. The van der Waals surface area contributed by atoms with Crippen molar-refractivity contribution in [3.63, 3.8) is 0 Å². The minimum Gasteiger partial charge on any atom is -0.383 e. The first kappa shape index (κ1) is 20.1. The Hall–Kier alpha value is -1.92. The van der Waals surface area contributed by atoms with Crippen LogP contribution in [0.5, 0.6) is 0 Å². The number of anilines is 1. The van der Waals surface area contributed by atoms with Crippen molar-refractivity contribution in [1.82, 2.24) is 10.2 Å². The van der Waals surface area contributed by atoms with Crippen LogP contribution in [0.1, 0.15) is 37.0 Å². The molecule has 24 heavy (non-hydrogen) atoms. The number of methoxy groups -OCH3 is 1. The van der Waals surface area contributed by atoms with Crippen LogP contribution in [0.2, 0.25) is 0 Å². The van der Waals surface area contributed by atoms with Gasteiger partial charge in [-0.25, -0.2) is 0 Å². The van der Waals surface area contributed by atoms with Gasteiger partial charge in [-0.3, -0.25) is 14.5 Å². The molecule has 2 amide bonds. The van der Waals surface area contributed by atoms with E-state index in [1.54, 1.807) is 31.4 Å². The molecule has 0 aromatic heterocycles. The Morgan fingerprint density at radius 1 is 1.17 bits per heavy atom. The van der Waals surface area contributed by atoms with Gasteiger partial charge in [0.25, 0.3) is 5.91 Å². The number of amides is 2. The van der Waals surface area contributed by atoms with E-state index in [1.165, 1.54) is 0 Å². The van der Waals surface area contributed by atoms with Gasteiger partial charge in [0.05, 0.1) is 13.2 Å². The normalized spacial score (nSPS) is 10.7. The number of nitrogens with one attached hydrogen (secondary N) is 2. The molecule has 134 valence electrons. The largest absolute Gasteiger partial charge is 0.383 e. The second kappa shape index (κ2) is 11.6. The van der Waals surface area contributed by atoms with Crippen LogP contribution in [-0.2, 0) is 9.53 Å². The quantitative estimate of drug-likeness (QED) is 0.608. The van der Waals surface area contributed by atoms with Gasteiger partial charge in [-0.05, 0) is 44.1 Å². The van der Waals surface area contributed by atoms with Gasteiger partial charge in [0, 0.05) is 24.9 Å². The Labute approximate surface area is 144 Å². The summed E-state index contributed by atoms with van der Waals surface area (Å²) in [6.45, 7) is 7.30. The molecule has 0 aliphatic heterocycles. The topological polar surface area (TPSA) is 70.7 Å². The smallest absolute Gasteiger partial charge is 0.251 e. The number of carbonyl (C=O) groups is 2. The Morgan fingerprint density at radius 3 is 2.50 bits per heavy atom. The lowest BCUT2D eigenvalue weighted by molar-refractivity contribution is -0.117. The maximum atomic E-state index is 12.2. The highest BCUT2D eigenvalue weighted by Crippen LogP contribution is 2.11. The van der Waals surface area contributed by atoms with Crippen molar-refractivity contribution in [2.24, 2.45) is 0 Å². The molecule has 0 heterocycles. The number of rotatable bonds is 11. The molecule has 0 spiro atoms. The predicted molar refractivity (Wildman–Crippen MR) is 96.3 cm³/mol. The first-order valence-electron chi connectivity index (χ1n) is 8.50. The fourth-order valence-corrected chi connectivity index (χ4v) is 2.41. The summed E-state index contributed by atoms with van der Waals surface area (Å²) in [6.07, 6.45) is 2.04. The molecular formula is C18H29N3O3. The maximum Gasteiger partial charge on any atom is 0.251 e. The number of nitrogens with zero attached hydrogens (tertiary/aromatic N) is 1. The maximum absolute atomic E-state index is 12.2. The molecule has 1 rings (SSSR count). The zero-order valence-electron chi connectivity index (χ0n) is 14.9. The van der Waals surface area contributed by atoms with Crippen molar-refractivity contribution >= 4 is 17.5 Å². The fraction of sp³-hybridized carbons (Fsp3) is 0.556. The van der Waals surface area contributed by atoms with Gasteiger partial charge >= 0.3 is 0 Å². The van der Waals surface area contributed by atoms with Crippen LogP contribution < -0.4 is 10.6 Å². The number of benzene rings is 1. The highest BCUT2D eigenvalue weighted by Gasteiger charge is 2.11. The Balaban J connectivity index is 2.59. The van der Waals surface area contributed by atoms with E-state index in [-0.39, 0.29) is 11.8 Å². The molecule has 0 unspecified atom stereocenters. The van der Waals surface area contributed by atoms with Gasteiger partial charge in [0.2, 0.25) is 5.91 Å². The van der Waals surface area contributed by atoms with Crippen molar-refractivity contribution in [2.75, 3.05) is 45.2 Å². The third-order valence-corrected chi connectivity index (χ3v) is 3.45. The summed E-state index contributed by atoms with van der Waals surface area (Å²) in [5, 5.41) is 5.63. The standard InChI is InChI=1S/C18H29N3O3/c1-4-10-21(11-5-2)14-17(22)20-16-8-6-7-15(13-16)18(23)19-9-12-24-3/h6-8,13H,4-5,9-12,14H2,1-3H3,(H,19,23)(H,20,22). The van der Waals surface area contributed by atoms with Crippen molar-refractivity contribution in [3.8, 4) is 0 Å². The minimum absolute atomic E-state index is 0.0613. The molecule has 0 saturated carbocycles. The third kappa shape index (κ3) is 7.57. The average Bonchev–Trinajstić information content (AvgIpc) is 2.55. The molecule has 6 heteroatoms. The van der Waals surface area contributed by atoms with Crippen LogP contribution in [0.25, 0.3) is 0 Å². The lowest BCUT2D eigenvalue weighted by Crippen LogP contribution is -2.34. The molecule has 0 aliphatic carbocycles. The molecule has 0 aliphatic rings. The van der Waals surface area contributed by atoms with Gasteiger partial charge < -0.3 is 15.4 Å². The Morgan fingerprint density at radius 2 is 1.88 bits per heavy atom. The molecule has 2 N–H and O–H groups in total. The van der Waals surface area contributed by atoms with Crippen LogP contribution >= 0.6 is 0 Å². The molecule has 1 aromatic rings. The third-order valence-electron chi connectivity index (χ3n) is 3.45.